The second kappa shape index (κ2) is 6.89. The fourth-order valence-corrected chi connectivity index (χ4v) is 3.22. The van der Waals surface area contributed by atoms with Gasteiger partial charge in [-0.2, -0.15) is 11.8 Å². The summed E-state index contributed by atoms with van der Waals surface area (Å²) in [5.41, 5.74) is 1.14. The smallest absolute Gasteiger partial charge is 0.143 e. The van der Waals surface area contributed by atoms with Crippen LogP contribution in [0.1, 0.15) is 12.5 Å². The number of phenolic OH excluding ortho intramolecular Hbond substituents is 1. The number of nitrogens with one attached hydrogen (secondary N) is 1. The van der Waals surface area contributed by atoms with Crippen LogP contribution in [0, 0.1) is 0 Å². The highest BCUT2D eigenvalue weighted by molar-refractivity contribution is 9.11. The van der Waals surface area contributed by atoms with Crippen molar-refractivity contribution in [1.82, 2.24) is 5.32 Å². The minimum atomic E-state index is 0.251. The lowest BCUT2D eigenvalue weighted by atomic mass is 10.2. The number of hydrogen-bond donors (Lipinski definition) is 2. The molecule has 0 spiro atoms. The van der Waals surface area contributed by atoms with Gasteiger partial charge >= 0.3 is 0 Å². The summed E-state index contributed by atoms with van der Waals surface area (Å²) in [6.45, 7) is 2.97. The molecule has 0 aliphatic heterocycles. The highest BCUT2D eigenvalue weighted by Crippen LogP contribution is 2.33. The summed E-state index contributed by atoms with van der Waals surface area (Å²) in [6.07, 6.45) is 2.10. The van der Waals surface area contributed by atoms with Gasteiger partial charge in [0.2, 0.25) is 0 Å². The molecular formula is C11H15Br2NOS. The molecule has 1 rings (SSSR count). The van der Waals surface area contributed by atoms with Gasteiger partial charge in [-0.05, 0) is 62.7 Å². The zero-order valence-corrected chi connectivity index (χ0v) is 13.2. The number of aromatic hydroxyl groups is 1. The van der Waals surface area contributed by atoms with Crippen molar-refractivity contribution in [3.63, 3.8) is 0 Å². The summed E-state index contributed by atoms with van der Waals surface area (Å²) in [6, 6.07) is 4.35. The summed E-state index contributed by atoms with van der Waals surface area (Å²) in [4.78, 5) is 0. The van der Waals surface area contributed by atoms with Gasteiger partial charge in [0.15, 0.2) is 0 Å². The van der Waals surface area contributed by atoms with Crippen LogP contribution in [0.15, 0.2) is 21.1 Å². The first-order chi connectivity index (χ1) is 7.54. The monoisotopic (exact) mass is 367 g/mol. The van der Waals surface area contributed by atoms with Gasteiger partial charge in [0.1, 0.15) is 5.75 Å². The Hall–Kier alpha value is 0.290. The molecule has 2 nitrogen and oxygen atoms in total. The molecule has 90 valence electrons. The molecule has 0 radical (unpaired) electrons. The first-order valence-electron chi connectivity index (χ1n) is 4.93. The summed E-state index contributed by atoms with van der Waals surface area (Å²) < 4.78 is 1.44. The minimum absolute atomic E-state index is 0.251. The molecule has 5 heteroatoms. The Bertz CT molecular complexity index is 337. The van der Waals surface area contributed by atoms with E-state index >= 15 is 0 Å². The van der Waals surface area contributed by atoms with Crippen molar-refractivity contribution in [2.24, 2.45) is 0 Å². The predicted octanol–water partition coefficient (Wildman–Crippen LogP) is 3.76. The second-order valence-corrected chi connectivity index (χ2v) is 6.26. The lowest BCUT2D eigenvalue weighted by Gasteiger charge is -2.13. The Kier molecular flexibility index (Phi) is 6.18. The molecule has 1 atom stereocenters. The zero-order valence-electron chi connectivity index (χ0n) is 9.26. The van der Waals surface area contributed by atoms with Crippen molar-refractivity contribution >= 4 is 43.6 Å². The first kappa shape index (κ1) is 14.4. The van der Waals surface area contributed by atoms with Gasteiger partial charge in [-0.3, -0.25) is 0 Å². The number of phenols is 1. The van der Waals surface area contributed by atoms with Gasteiger partial charge in [0, 0.05) is 18.3 Å². The summed E-state index contributed by atoms with van der Waals surface area (Å²) in [7, 11) is 0. The number of hydrogen-bond acceptors (Lipinski definition) is 3. The van der Waals surface area contributed by atoms with E-state index in [1.165, 1.54) is 0 Å². The van der Waals surface area contributed by atoms with Crippen molar-refractivity contribution in [3.05, 3.63) is 26.6 Å². The average Bonchev–Trinajstić information content (AvgIpc) is 2.23. The Labute approximate surface area is 117 Å². The van der Waals surface area contributed by atoms with Crippen LogP contribution in [-0.4, -0.2) is 23.2 Å². The van der Waals surface area contributed by atoms with Crippen molar-refractivity contribution < 1.29 is 5.11 Å². The Morgan fingerprint density at radius 3 is 2.44 bits per heavy atom. The van der Waals surface area contributed by atoms with Gasteiger partial charge in [-0.15, -0.1) is 0 Å². The van der Waals surface area contributed by atoms with Gasteiger partial charge in [-0.25, -0.2) is 0 Å². The fraction of sp³-hybridized carbons (Fsp3) is 0.455. The van der Waals surface area contributed by atoms with Crippen LogP contribution in [0.3, 0.4) is 0 Å². The highest BCUT2D eigenvalue weighted by atomic mass is 79.9. The molecule has 0 saturated carbocycles. The molecule has 0 aliphatic rings. The zero-order chi connectivity index (χ0) is 12.1. The molecule has 0 saturated heterocycles. The summed E-state index contributed by atoms with van der Waals surface area (Å²) in [5.74, 6) is 1.35. The van der Waals surface area contributed by atoms with Crippen LogP contribution in [-0.2, 0) is 6.54 Å². The van der Waals surface area contributed by atoms with Crippen LogP contribution in [0.25, 0.3) is 0 Å². The second-order valence-electron chi connectivity index (χ2n) is 3.65. The van der Waals surface area contributed by atoms with E-state index in [4.69, 9.17) is 0 Å². The normalized spacial score (nSPS) is 12.8. The largest absolute Gasteiger partial charge is 0.506 e. The lowest BCUT2D eigenvalue weighted by Crippen LogP contribution is -2.27. The Balaban J connectivity index is 2.61. The quantitative estimate of drug-likeness (QED) is 0.829. The number of thioether (sulfide) groups is 1. The van der Waals surface area contributed by atoms with E-state index in [-0.39, 0.29) is 5.75 Å². The van der Waals surface area contributed by atoms with E-state index in [9.17, 15) is 5.11 Å². The van der Waals surface area contributed by atoms with E-state index in [0.717, 1.165) is 26.8 Å². The molecule has 1 aromatic carbocycles. The van der Waals surface area contributed by atoms with Gasteiger partial charge in [0.25, 0.3) is 0 Å². The van der Waals surface area contributed by atoms with Crippen molar-refractivity contribution in [1.29, 1.82) is 0 Å². The van der Waals surface area contributed by atoms with E-state index in [1.54, 1.807) is 0 Å². The average molecular weight is 369 g/mol. The van der Waals surface area contributed by atoms with Crippen LogP contribution in [0.5, 0.6) is 5.75 Å². The van der Waals surface area contributed by atoms with Gasteiger partial charge in [-0.1, -0.05) is 0 Å². The molecule has 0 aromatic heterocycles. The summed E-state index contributed by atoms with van der Waals surface area (Å²) >= 11 is 8.48. The minimum Gasteiger partial charge on any atom is -0.506 e. The third-order valence-corrected chi connectivity index (χ3v) is 4.19. The third-order valence-electron chi connectivity index (χ3n) is 2.15. The maximum atomic E-state index is 9.57. The SMILES string of the molecule is CSCC(C)NCc1cc(Br)c(O)c(Br)c1. The number of rotatable bonds is 5. The maximum absolute atomic E-state index is 9.57. The third kappa shape index (κ3) is 4.28. The molecule has 1 unspecified atom stereocenters. The van der Waals surface area contributed by atoms with Gasteiger partial charge in [0.05, 0.1) is 8.95 Å². The van der Waals surface area contributed by atoms with Crippen molar-refractivity contribution in [2.75, 3.05) is 12.0 Å². The molecule has 16 heavy (non-hydrogen) atoms. The van der Waals surface area contributed by atoms with Crippen LogP contribution in [0.4, 0.5) is 0 Å². The number of halogens is 2. The van der Waals surface area contributed by atoms with E-state index in [2.05, 4.69) is 50.4 Å². The van der Waals surface area contributed by atoms with E-state index in [0.29, 0.717) is 6.04 Å². The van der Waals surface area contributed by atoms with Crippen molar-refractivity contribution in [3.8, 4) is 5.75 Å². The maximum Gasteiger partial charge on any atom is 0.143 e. The topological polar surface area (TPSA) is 32.3 Å². The molecule has 2 N–H and O–H groups in total. The van der Waals surface area contributed by atoms with Gasteiger partial charge < -0.3 is 10.4 Å². The lowest BCUT2D eigenvalue weighted by molar-refractivity contribution is 0.468. The van der Waals surface area contributed by atoms with E-state index in [1.807, 2.05) is 23.9 Å². The standard InChI is InChI=1S/C11H15Br2NOS/c1-7(6-16-2)14-5-8-3-9(12)11(15)10(13)4-8/h3-4,7,14-15H,5-6H2,1-2H3. The molecular weight excluding hydrogens is 354 g/mol. The molecule has 1 aromatic rings. The predicted molar refractivity (Wildman–Crippen MR) is 78.2 cm³/mol. The first-order valence-corrected chi connectivity index (χ1v) is 7.91. The fourth-order valence-electron chi connectivity index (χ4n) is 1.32. The molecule has 0 bridgehead atoms. The highest BCUT2D eigenvalue weighted by Gasteiger charge is 2.06. The summed E-state index contributed by atoms with van der Waals surface area (Å²) in [5, 5.41) is 13.0. The van der Waals surface area contributed by atoms with Crippen molar-refractivity contribution in [2.45, 2.75) is 19.5 Å². The van der Waals surface area contributed by atoms with E-state index < -0.39 is 0 Å². The Morgan fingerprint density at radius 2 is 1.94 bits per heavy atom. The van der Waals surface area contributed by atoms with Crippen LogP contribution >= 0.6 is 43.6 Å². The van der Waals surface area contributed by atoms with Crippen LogP contribution in [0.2, 0.25) is 0 Å². The van der Waals surface area contributed by atoms with Crippen LogP contribution < -0.4 is 5.32 Å². The molecule has 0 heterocycles. The molecule has 0 amide bonds. The Morgan fingerprint density at radius 1 is 1.38 bits per heavy atom. The molecule has 0 fully saturated rings. The molecule has 0 aliphatic carbocycles. The number of benzene rings is 1.